The van der Waals surface area contributed by atoms with Crippen LogP contribution in [-0.4, -0.2) is 19.8 Å². The van der Waals surface area contributed by atoms with E-state index in [0.29, 0.717) is 13.2 Å². The number of hydrogen-bond donors (Lipinski definition) is 1. The predicted molar refractivity (Wildman–Crippen MR) is 85.4 cm³/mol. The van der Waals surface area contributed by atoms with Crippen LogP contribution in [0.4, 0.5) is 5.69 Å². The summed E-state index contributed by atoms with van der Waals surface area (Å²) in [5.74, 6) is 1.83. The number of fused-ring (bicyclic) bond motifs is 1. The first-order valence-electron chi connectivity index (χ1n) is 7.51. The Labute approximate surface area is 125 Å². The molecule has 0 radical (unpaired) electrons. The minimum Gasteiger partial charge on any atom is -0.490 e. The highest BCUT2D eigenvalue weighted by Gasteiger charge is 2.12. The van der Waals surface area contributed by atoms with Gasteiger partial charge in [-0.05, 0) is 49.1 Å². The summed E-state index contributed by atoms with van der Waals surface area (Å²) in [6.07, 6.45) is 2.31. The molecule has 2 aromatic rings. The predicted octanol–water partition coefficient (Wildman–Crippen LogP) is 3.81. The maximum absolute atomic E-state index is 5.87. The molecular weight excluding hydrogens is 262 g/mol. The average molecular weight is 283 g/mol. The summed E-state index contributed by atoms with van der Waals surface area (Å²) in [5.41, 5.74) is 3.70. The number of nitrogens with one attached hydrogen (secondary N) is 1. The molecule has 0 amide bonds. The van der Waals surface area contributed by atoms with Crippen LogP contribution < -0.4 is 14.8 Å². The van der Waals surface area contributed by atoms with Crippen LogP contribution in [0.5, 0.6) is 11.5 Å². The standard InChI is InChI=1S/C18H21NO2/c1-14-5-2-8-16(13-14)20-11-12-21-17-9-3-6-15-7-4-10-19-18(15)17/h2-3,5-6,8-9,13,19H,4,7,10-12H2,1H3. The smallest absolute Gasteiger partial charge is 0.142 e. The summed E-state index contributed by atoms with van der Waals surface area (Å²) in [5, 5.41) is 3.43. The lowest BCUT2D eigenvalue weighted by Gasteiger charge is -2.21. The highest BCUT2D eigenvalue weighted by molar-refractivity contribution is 5.63. The van der Waals surface area contributed by atoms with Crippen molar-refractivity contribution in [3.63, 3.8) is 0 Å². The molecule has 21 heavy (non-hydrogen) atoms. The Kier molecular flexibility index (Phi) is 4.29. The third kappa shape index (κ3) is 3.48. The fourth-order valence-electron chi connectivity index (χ4n) is 2.61. The summed E-state index contributed by atoms with van der Waals surface area (Å²) in [6.45, 7) is 4.18. The molecule has 3 rings (SSSR count). The van der Waals surface area contributed by atoms with Gasteiger partial charge < -0.3 is 14.8 Å². The molecule has 1 heterocycles. The molecule has 0 saturated heterocycles. The van der Waals surface area contributed by atoms with Crippen molar-refractivity contribution in [3.05, 3.63) is 53.6 Å². The van der Waals surface area contributed by atoms with E-state index in [2.05, 4.69) is 30.4 Å². The molecule has 0 bridgehead atoms. The van der Waals surface area contributed by atoms with Gasteiger partial charge in [0.15, 0.2) is 0 Å². The van der Waals surface area contributed by atoms with Crippen molar-refractivity contribution in [1.82, 2.24) is 0 Å². The van der Waals surface area contributed by atoms with Crippen molar-refractivity contribution in [2.24, 2.45) is 0 Å². The van der Waals surface area contributed by atoms with Crippen LogP contribution in [0.3, 0.4) is 0 Å². The van der Waals surface area contributed by atoms with E-state index in [1.54, 1.807) is 0 Å². The maximum Gasteiger partial charge on any atom is 0.142 e. The molecule has 2 aromatic carbocycles. The number of ether oxygens (including phenoxy) is 2. The van der Waals surface area contributed by atoms with Crippen molar-refractivity contribution in [2.75, 3.05) is 25.1 Å². The van der Waals surface area contributed by atoms with Gasteiger partial charge in [0.2, 0.25) is 0 Å². The lowest BCUT2D eigenvalue weighted by Crippen LogP contribution is -2.15. The first-order chi connectivity index (χ1) is 10.3. The highest BCUT2D eigenvalue weighted by Crippen LogP contribution is 2.31. The average Bonchev–Trinajstić information content (AvgIpc) is 2.52. The number of hydrogen-bond acceptors (Lipinski definition) is 3. The number of para-hydroxylation sites is 1. The maximum atomic E-state index is 5.87. The van der Waals surface area contributed by atoms with Gasteiger partial charge in [0, 0.05) is 6.54 Å². The third-order valence-corrected chi connectivity index (χ3v) is 3.64. The molecule has 0 aliphatic carbocycles. The van der Waals surface area contributed by atoms with Gasteiger partial charge in [-0.15, -0.1) is 0 Å². The molecule has 0 spiro atoms. The second-order valence-corrected chi connectivity index (χ2v) is 5.33. The molecule has 0 atom stereocenters. The first-order valence-corrected chi connectivity index (χ1v) is 7.51. The van der Waals surface area contributed by atoms with Gasteiger partial charge in [-0.1, -0.05) is 24.3 Å². The Morgan fingerprint density at radius 2 is 1.90 bits per heavy atom. The minimum absolute atomic E-state index is 0.548. The van der Waals surface area contributed by atoms with Crippen LogP contribution in [0.25, 0.3) is 0 Å². The van der Waals surface area contributed by atoms with Crippen LogP contribution >= 0.6 is 0 Å². The van der Waals surface area contributed by atoms with Crippen LogP contribution in [-0.2, 0) is 6.42 Å². The second-order valence-electron chi connectivity index (χ2n) is 5.33. The normalized spacial score (nSPS) is 13.2. The van der Waals surface area contributed by atoms with E-state index in [1.807, 2.05) is 24.3 Å². The van der Waals surface area contributed by atoms with Crippen molar-refractivity contribution >= 4 is 5.69 Å². The number of aryl methyl sites for hydroxylation is 2. The van der Waals surface area contributed by atoms with E-state index in [4.69, 9.17) is 9.47 Å². The Balaban J connectivity index is 1.54. The number of rotatable bonds is 5. The van der Waals surface area contributed by atoms with Crippen LogP contribution in [0, 0.1) is 6.92 Å². The summed E-state index contributed by atoms with van der Waals surface area (Å²) < 4.78 is 11.6. The summed E-state index contributed by atoms with van der Waals surface area (Å²) in [6, 6.07) is 14.3. The lowest BCUT2D eigenvalue weighted by atomic mass is 10.0. The summed E-state index contributed by atoms with van der Waals surface area (Å²) in [7, 11) is 0. The van der Waals surface area contributed by atoms with Crippen LogP contribution in [0.1, 0.15) is 17.5 Å². The van der Waals surface area contributed by atoms with Crippen molar-refractivity contribution in [3.8, 4) is 11.5 Å². The molecule has 0 unspecified atom stereocenters. The molecule has 1 N–H and O–H groups in total. The van der Waals surface area contributed by atoms with Gasteiger partial charge in [-0.2, -0.15) is 0 Å². The van der Waals surface area contributed by atoms with Gasteiger partial charge in [-0.3, -0.25) is 0 Å². The van der Waals surface area contributed by atoms with E-state index >= 15 is 0 Å². The van der Waals surface area contributed by atoms with E-state index in [1.165, 1.54) is 17.5 Å². The van der Waals surface area contributed by atoms with Gasteiger partial charge in [0.1, 0.15) is 24.7 Å². The largest absolute Gasteiger partial charge is 0.490 e. The SMILES string of the molecule is Cc1cccc(OCCOc2cccc3c2NCCC3)c1. The third-order valence-electron chi connectivity index (χ3n) is 3.64. The molecule has 3 nitrogen and oxygen atoms in total. The van der Waals surface area contributed by atoms with Gasteiger partial charge in [0.25, 0.3) is 0 Å². The Morgan fingerprint density at radius 1 is 1.05 bits per heavy atom. The number of benzene rings is 2. The molecule has 3 heteroatoms. The van der Waals surface area contributed by atoms with E-state index in [0.717, 1.165) is 30.2 Å². The van der Waals surface area contributed by atoms with Crippen molar-refractivity contribution in [1.29, 1.82) is 0 Å². The molecule has 110 valence electrons. The number of anilines is 1. The van der Waals surface area contributed by atoms with E-state index < -0.39 is 0 Å². The first kappa shape index (κ1) is 13.8. The minimum atomic E-state index is 0.548. The fourth-order valence-corrected chi connectivity index (χ4v) is 2.61. The monoisotopic (exact) mass is 283 g/mol. The Morgan fingerprint density at radius 3 is 2.81 bits per heavy atom. The Bertz CT molecular complexity index is 610. The van der Waals surface area contributed by atoms with Gasteiger partial charge in [0.05, 0.1) is 5.69 Å². The van der Waals surface area contributed by atoms with Crippen LogP contribution in [0.2, 0.25) is 0 Å². The topological polar surface area (TPSA) is 30.5 Å². The van der Waals surface area contributed by atoms with Crippen molar-refractivity contribution in [2.45, 2.75) is 19.8 Å². The highest BCUT2D eigenvalue weighted by atomic mass is 16.5. The zero-order valence-corrected chi connectivity index (χ0v) is 12.4. The molecular formula is C18H21NO2. The molecule has 0 fully saturated rings. The molecule has 1 aliphatic rings. The van der Waals surface area contributed by atoms with Gasteiger partial charge in [-0.25, -0.2) is 0 Å². The fraction of sp³-hybridized carbons (Fsp3) is 0.333. The van der Waals surface area contributed by atoms with Gasteiger partial charge >= 0.3 is 0 Å². The van der Waals surface area contributed by atoms with Crippen LogP contribution in [0.15, 0.2) is 42.5 Å². The van der Waals surface area contributed by atoms with E-state index in [-0.39, 0.29) is 0 Å². The molecule has 1 aliphatic heterocycles. The van der Waals surface area contributed by atoms with E-state index in [9.17, 15) is 0 Å². The second kappa shape index (κ2) is 6.53. The Hall–Kier alpha value is -2.16. The quantitative estimate of drug-likeness (QED) is 0.846. The zero-order valence-electron chi connectivity index (χ0n) is 12.4. The lowest BCUT2D eigenvalue weighted by molar-refractivity contribution is 0.217. The van der Waals surface area contributed by atoms with Crippen molar-refractivity contribution < 1.29 is 9.47 Å². The summed E-state index contributed by atoms with van der Waals surface area (Å²) >= 11 is 0. The molecule has 0 aromatic heterocycles. The zero-order chi connectivity index (χ0) is 14.5. The summed E-state index contributed by atoms with van der Waals surface area (Å²) in [4.78, 5) is 0. The molecule has 0 saturated carbocycles.